The minimum absolute atomic E-state index is 0.00520. The average molecular weight is 390 g/mol. The van der Waals surface area contributed by atoms with E-state index in [1.165, 1.54) is 0 Å². The number of rotatable bonds is 7. The van der Waals surface area contributed by atoms with Crippen LogP contribution in [0.1, 0.15) is 19.8 Å². The van der Waals surface area contributed by atoms with Gasteiger partial charge in [0.1, 0.15) is 5.75 Å². The summed E-state index contributed by atoms with van der Waals surface area (Å²) < 4.78 is 28.1. The molecule has 1 rings (SSSR count). The van der Waals surface area contributed by atoms with Crippen LogP contribution in [0.25, 0.3) is 0 Å². The molecule has 1 aromatic carbocycles. The van der Waals surface area contributed by atoms with Crippen molar-refractivity contribution >= 4 is 47.3 Å². The molecular formula is C12H15BrCl2O3S. The summed E-state index contributed by atoms with van der Waals surface area (Å²) in [6.45, 7) is 2.46. The lowest BCUT2D eigenvalue weighted by molar-refractivity contribution is 0.282. The Hall–Kier alpha value is 0.0300. The molecule has 1 aromatic rings. The van der Waals surface area contributed by atoms with Gasteiger partial charge in [-0.15, -0.1) is 0 Å². The van der Waals surface area contributed by atoms with Crippen LogP contribution in [0.5, 0.6) is 5.75 Å². The van der Waals surface area contributed by atoms with Crippen LogP contribution in [0.3, 0.4) is 0 Å². The normalized spacial score (nSPS) is 13.3. The highest BCUT2D eigenvalue weighted by atomic mass is 79.9. The second kappa shape index (κ2) is 7.72. The number of hydrogen-bond acceptors (Lipinski definition) is 3. The highest BCUT2D eigenvalue weighted by Crippen LogP contribution is 2.28. The molecule has 0 aliphatic rings. The van der Waals surface area contributed by atoms with Gasteiger partial charge in [-0.1, -0.05) is 34.5 Å². The van der Waals surface area contributed by atoms with Gasteiger partial charge >= 0.3 is 0 Å². The summed E-state index contributed by atoms with van der Waals surface area (Å²) >= 11 is 9.33. The van der Waals surface area contributed by atoms with Crippen LogP contribution in [0.4, 0.5) is 0 Å². The van der Waals surface area contributed by atoms with Gasteiger partial charge in [0.15, 0.2) is 0 Å². The number of benzene rings is 1. The van der Waals surface area contributed by atoms with Gasteiger partial charge < -0.3 is 4.74 Å². The van der Waals surface area contributed by atoms with Crippen LogP contribution in [-0.2, 0) is 9.05 Å². The smallest absolute Gasteiger partial charge is 0.232 e. The second-order valence-corrected chi connectivity index (χ2v) is 8.57. The summed E-state index contributed by atoms with van der Waals surface area (Å²) in [5, 5.41) is 0.547. The fourth-order valence-corrected chi connectivity index (χ4v) is 3.13. The first-order valence-electron chi connectivity index (χ1n) is 5.78. The zero-order valence-corrected chi connectivity index (χ0v) is 14.3. The van der Waals surface area contributed by atoms with Gasteiger partial charge in [0.2, 0.25) is 9.05 Å². The van der Waals surface area contributed by atoms with E-state index in [9.17, 15) is 8.42 Å². The highest BCUT2D eigenvalue weighted by molar-refractivity contribution is 9.10. The molecule has 0 heterocycles. The molecule has 1 atom stereocenters. The summed E-state index contributed by atoms with van der Waals surface area (Å²) in [5.41, 5.74) is 0. The molecule has 1 unspecified atom stereocenters. The van der Waals surface area contributed by atoms with Crippen LogP contribution >= 0.6 is 38.2 Å². The zero-order valence-electron chi connectivity index (χ0n) is 10.4. The van der Waals surface area contributed by atoms with Gasteiger partial charge in [0.05, 0.1) is 17.4 Å². The molecule has 0 fully saturated rings. The summed E-state index contributed by atoms with van der Waals surface area (Å²) in [4.78, 5) is 0. The Morgan fingerprint density at radius 3 is 2.63 bits per heavy atom. The third kappa shape index (κ3) is 7.40. The van der Waals surface area contributed by atoms with E-state index in [0.717, 1.165) is 10.9 Å². The topological polar surface area (TPSA) is 43.4 Å². The monoisotopic (exact) mass is 388 g/mol. The molecule has 0 N–H and O–H groups in total. The first-order valence-corrected chi connectivity index (χ1v) is 9.43. The summed E-state index contributed by atoms with van der Waals surface area (Å²) in [6, 6.07) is 5.41. The van der Waals surface area contributed by atoms with Crippen molar-refractivity contribution in [3.63, 3.8) is 0 Å². The van der Waals surface area contributed by atoms with Gasteiger partial charge in [-0.25, -0.2) is 8.42 Å². The van der Waals surface area contributed by atoms with E-state index in [4.69, 9.17) is 27.0 Å². The predicted molar refractivity (Wildman–Crippen MR) is 82.7 cm³/mol. The van der Waals surface area contributed by atoms with Crippen molar-refractivity contribution in [2.24, 2.45) is 5.92 Å². The quantitative estimate of drug-likeness (QED) is 0.646. The van der Waals surface area contributed by atoms with Crippen LogP contribution in [0.2, 0.25) is 5.02 Å². The molecule has 0 saturated heterocycles. The highest BCUT2D eigenvalue weighted by Gasteiger charge is 2.10. The second-order valence-electron chi connectivity index (χ2n) is 4.35. The summed E-state index contributed by atoms with van der Waals surface area (Å²) in [7, 11) is 1.76. The van der Waals surface area contributed by atoms with Crippen molar-refractivity contribution in [3.05, 3.63) is 27.7 Å². The summed E-state index contributed by atoms with van der Waals surface area (Å²) in [6.07, 6.45) is 1.28. The van der Waals surface area contributed by atoms with Crippen LogP contribution in [0, 0.1) is 5.92 Å². The Kier molecular flexibility index (Phi) is 6.94. The van der Waals surface area contributed by atoms with Crippen molar-refractivity contribution in [2.75, 3.05) is 12.4 Å². The lowest BCUT2D eigenvalue weighted by Gasteiger charge is -2.12. The molecule has 0 saturated carbocycles. The van der Waals surface area contributed by atoms with Gasteiger partial charge in [-0.3, -0.25) is 0 Å². The van der Waals surface area contributed by atoms with Crippen LogP contribution < -0.4 is 4.74 Å². The Morgan fingerprint density at radius 2 is 2.05 bits per heavy atom. The van der Waals surface area contributed by atoms with Gasteiger partial charge in [-0.2, -0.15) is 0 Å². The van der Waals surface area contributed by atoms with E-state index < -0.39 is 9.05 Å². The van der Waals surface area contributed by atoms with Crippen LogP contribution in [-0.4, -0.2) is 20.8 Å². The van der Waals surface area contributed by atoms with E-state index in [0.29, 0.717) is 23.8 Å². The molecule has 0 aromatic heterocycles. The fourth-order valence-electron chi connectivity index (χ4n) is 1.45. The largest absolute Gasteiger partial charge is 0.492 e. The van der Waals surface area contributed by atoms with E-state index >= 15 is 0 Å². The van der Waals surface area contributed by atoms with Crippen molar-refractivity contribution in [2.45, 2.75) is 19.8 Å². The molecule has 3 nitrogen and oxygen atoms in total. The molecule has 0 bridgehead atoms. The third-order valence-electron chi connectivity index (χ3n) is 2.62. The summed E-state index contributed by atoms with van der Waals surface area (Å²) in [5.74, 6) is 0.846. The first kappa shape index (κ1) is 17.1. The number of hydrogen-bond donors (Lipinski definition) is 0. The maximum atomic E-state index is 10.8. The average Bonchev–Trinajstić information content (AvgIpc) is 2.28. The molecule has 0 aliphatic heterocycles. The lowest BCUT2D eigenvalue weighted by Crippen LogP contribution is -2.08. The molecule has 0 radical (unpaired) electrons. The predicted octanol–water partition coefficient (Wildman–Crippen LogP) is 4.47. The third-order valence-corrected chi connectivity index (χ3v) is 4.59. The van der Waals surface area contributed by atoms with E-state index in [-0.39, 0.29) is 11.7 Å². The van der Waals surface area contributed by atoms with Crippen molar-refractivity contribution in [1.29, 1.82) is 0 Å². The van der Waals surface area contributed by atoms with Crippen LogP contribution in [0.15, 0.2) is 22.7 Å². The number of halogens is 3. The maximum Gasteiger partial charge on any atom is 0.232 e. The Labute approximate surface area is 131 Å². The zero-order chi connectivity index (χ0) is 14.5. The standard InChI is InChI=1S/C12H15BrCl2O3S/c1-9(5-7-19(15,16)17)4-6-18-12-3-2-10(13)8-11(12)14/h2-3,8-9H,4-7H2,1H3. The Balaban J connectivity index is 2.33. The molecule has 19 heavy (non-hydrogen) atoms. The Morgan fingerprint density at radius 1 is 1.37 bits per heavy atom. The minimum atomic E-state index is -3.40. The van der Waals surface area contributed by atoms with E-state index in [1.807, 2.05) is 13.0 Å². The number of ether oxygens (including phenoxy) is 1. The van der Waals surface area contributed by atoms with Gasteiger partial charge in [-0.05, 0) is 37.0 Å². The van der Waals surface area contributed by atoms with Crippen molar-refractivity contribution in [3.8, 4) is 5.75 Å². The molecule has 0 aliphatic carbocycles. The van der Waals surface area contributed by atoms with Gasteiger partial charge in [0.25, 0.3) is 0 Å². The minimum Gasteiger partial charge on any atom is -0.492 e. The molecule has 0 spiro atoms. The van der Waals surface area contributed by atoms with E-state index in [1.54, 1.807) is 12.1 Å². The lowest BCUT2D eigenvalue weighted by atomic mass is 10.1. The fraction of sp³-hybridized carbons (Fsp3) is 0.500. The van der Waals surface area contributed by atoms with Gasteiger partial charge in [0, 0.05) is 15.2 Å². The maximum absolute atomic E-state index is 10.8. The molecule has 108 valence electrons. The Bertz CT molecular complexity index is 520. The first-order chi connectivity index (χ1) is 8.78. The molecular weight excluding hydrogens is 375 g/mol. The van der Waals surface area contributed by atoms with E-state index in [2.05, 4.69) is 15.9 Å². The molecule has 0 amide bonds. The van der Waals surface area contributed by atoms with Crippen molar-refractivity contribution < 1.29 is 13.2 Å². The van der Waals surface area contributed by atoms with Crippen molar-refractivity contribution in [1.82, 2.24) is 0 Å². The molecule has 7 heteroatoms. The SMILES string of the molecule is CC(CCOc1ccc(Br)cc1Cl)CCS(=O)(=O)Cl.